The largest absolute Gasteiger partial charge is 0.337 e. The Morgan fingerprint density at radius 3 is 2.82 bits per heavy atom. The number of benzene rings is 2. The minimum atomic E-state index is -0.420. The van der Waals surface area contributed by atoms with E-state index in [4.69, 9.17) is 11.6 Å². The number of amides is 1. The van der Waals surface area contributed by atoms with E-state index >= 15 is 0 Å². The highest BCUT2D eigenvalue weighted by Crippen LogP contribution is 2.37. The van der Waals surface area contributed by atoms with Crippen LogP contribution in [-0.4, -0.2) is 33.9 Å². The van der Waals surface area contributed by atoms with E-state index in [-0.39, 0.29) is 17.0 Å². The standard InChI is InChI=1S/C21H18ClFN4O/c1-3-19(28)27-10-21(2,11-27)13-4-7-17-15(8-13)20(25-12-24-17)26-18-9-14(22)5-6-16(18)23/h3-9,12H,1,10-11H2,2H3,(H,24,25,26). The Bertz CT molecular complexity index is 1090. The highest BCUT2D eigenvalue weighted by atomic mass is 35.5. The van der Waals surface area contributed by atoms with Crippen LogP contribution in [0.15, 0.2) is 55.4 Å². The number of carbonyl (C=O) groups excluding carboxylic acids is 1. The molecule has 4 rings (SSSR count). The molecular formula is C21H18ClFN4O. The number of hydrogen-bond acceptors (Lipinski definition) is 4. The predicted molar refractivity (Wildman–Crippen MR) is 108 cm³/mol. The van der Waals surface area contributed by atoms with E-state index < -0.39 is 5.82 Å². The smallest absolute Gasteiger partial charge is 0.246 e. The Morgan fingerprint density at radius 1 is 1.29 bits per heavy atom. The molecule has 142 valence electrons. The van der Waals surface area contributed by atoms with Gasteiger partial charge in [0.05, 0.1) is 11.2 Å². The van der Waals surface area contributed by atoms with E-state index in [9.17, 15) is 9.18 Å². The van der Waals surface area contributed by atoms with Crippen LogP contribution >= 0.6 is 11.6 Å². The molecule has 1 fully saturated rings. The van der Waals surface area contributed by atoms with Crippen molar-refractivity contribution in [1.29, 1.82) is 0 Å². The fourth-order valence-electron chi connectivity index (χ4n) is 3.52. The first-order valence-electron chi connectivity index (χ1n) is 8.78. The quantitative estimate of drug-likeness (QED) is 0.662. The maximum absolute atomic E-state index is 14.1. The fourth-order valence-corrected chi connectivity index (χ4v) is 3.69. The number of aromatic nitrogens is 2. The van der Waals surface area contributed by atoms with E-state index in [1.807, 2.05) is 18.2 Å². The van der Waals surface area contributed by atoms with Gasteiger partial charge in [0.1, 0.15) is 18.0 Å². The molecule has 2 heterocycles. The van der Waals surface area contributed by atoms with Crippen LogP contribution in [0.3, 0.4) is 0 Å². The molecule has 28 heavy (non-hydrogen) atoms. The predicted octanol–water partition coefficient (Wildman–Crippen LogP) is 4.45. The summed E-state index contributed by atoms with van der Waals surface area (Å²) in [6.07, 6.45) is 2.76. The Morgan fingerprint density at radius 2 is 2.07 bits per heavy atom. The number of likely N-dealkylation sites (tertiary alicyclic amines) is 1. The van der Waals surface area contributed by atoms with Crippen LogP contribution in [0.25, 0.3) is 10.9 Å². The summed E-state index contributed by atoms with van der Waals surface area (Å²) in [5.41, 5.74) is 1.89. The summed E-state index contributed by atoms with van der Waals surface area (Å²) in [4.78, 5) is 22.1. The molecule has 1 aliphatic heterocycles. The molecule has 1 saturated heterocycles. The second-order valence-electron chi connectivity index (χ2n) is 7.16. The van der Waals surface area contributed by atoms with Crippen molar-refractivity contribution in [3.63, 3.8) is 0 Å². The average Bonchev–Trinajstić information content (AvgIpc) is 2.67. The Hall–Kier alpha value is -2.99. The van der Waals surface area contributed by atoms with Gasteiger partial charge in [-0.25, -0.2) is 14.4 Å². The monoisotopic (exact) mass is 396 g/mol. The van der Waals surface area contributed by atoms with Crippen molar-refractivity contribution < 1.29 is 9.18 Å². The first-order valence-corrected chi connectivity index (χ1v) is 9.16. The van der Waals surface area contributed by atoms with Crippen molar-refractivity contribution >= 4 is 39.9 Å². The van der Waals surface area contributed by atoms with Crippen LogP contribution in [-0.2, 0) is 10.2 Å². The van der Waals surface area contributed by atoms with Gasteiger partial charge in [0.15, 0.2) is 0 Å². The van der Waals surface area contributed by atoms with E-state index in [1.54, 1.807) is 4.90 Å². The second kappa shape index (κ2) is 6.87. The number of nitrogens with one attached hydrogen (secondary N) is 1. The van der Waals surface area contributed by atoms with Crippen molar-refractivity contribution in [3.05, 3.63) is 71.8 Å². The minimum absolute atomic E-state index is 0.0691. The lowest BCUT2D eigenvalue weighted by Gasteiger charge is -2.48. The molecule has 0 spiro atoms. The molecule has 1 N–H and O–H groups in total. The topological polar surface area (TPSA) is 58.1 Å². The van der Waals surface area contributed by atoms with Crippen molar-refractivity contribution in [3.8, 4) is 0 Å². The van der Waals surface area contributed by atoms with Crippen molar-refractivity contribution in [2.75, 3.05) is 18.4 Å². The third kappa shape index (κ3) is 3.20. The summed E-state index contributed by atoms with van der Waals surface area (Å²) in [5.74, 6) is 0.00667. The zero-order valence-corrected chi connectivity index (χ0v) is 16.0. The third-order valence-electron chi connectivity index (χ3n) is 5.08. The van der Waals surface area contributed by atoms with Gasteiger partial charge in [-0.05, 0) is 42.0 Å². The lowest BCUT2D eigenvalue weighted by molar-refractivity contribution is -0.133. The van der Waals surface area contributed by atoms with Gasteiger partial charge in [0.25, 0.3) is 0 Å². The summed E-state index contributed by atoms with van der Waals surface area (Å²) in [6.45, 7) is 6.87. The molecule has 5 nitrogen and oxygen atoms in total. The van der Waals surface area contributed by atoms with Gasteiger partial charge in [-0.1, -0.05) is 31.2 Å². The second-order valence-corrected chi connectivity index (χ2v) is 7.60. The van der Waals surface area contributed by atoms with E-state index in [2.05, 4.69) is 28.8 Å². The first kappa shape index (κ1) is 18.4. The van der Waals surface area contributed by atoms with Gasteiger partial charge in [-0.3, -0.25) is 4.79 Å². The number of fused-ring (bicyclic) bond motifs is 1. The van der Waals surface area contributed by atoms with Gasteiger partial charge in [0.2, 0.25) is 5.91 Å². The molecule has 0 aliphatic carbocycles. The maximum Gasteiger partial charge on any atom is 0.246 e. The van der Waals surface area contributed by atoms with Gasteiger partial charge in [-0.2, -0.15) is 0 Å². The van der Waals surface area contributed by atoms with Crippen LogP contribution in [0.4, 0.5) is 15.9 Å². The molecule has 2 aromatic carbocycles. The molecule has 3 aromatic rings. The summed E-state index contributed by atoms with van der Waals surface area (Å²) >= 11 is 5.99. The molecule has 1 aliphatic rings. The third-order valence-corrected chi connectivity index (χ3v) is 5.31. The molecular weight excluding hydrogens is 379 g/mol. The summed E-state index contributed by atoms with van der Waals surface area (Å²) < 4.78 is 14.1. The molecule has 1 amide bonds. The van der Waals surface area contributed by atoms with Gasteiger partial charge in [0, 0.05) is 28.9 Å². The number of nitrogens with zero attached hydrogens (tertiary/aromatic N) is 3. The maximum atomic E-state index is 14.1. The fraction of sp³-hybridized carbons (Fsp3) is 0.190. The van der Waals surface area contributed by atoms with E-state index in [1.165, 1.54) is 30.6 Å². The first-order chi connectivity index (χ1) is 13.4. The van der Waals surface area contributed by atoms with Crippen molar-refractivity contribution in [1.82, 2.24) is 14.9 Å². The van der Waals surface area contributed by atoms with Crippen LogP contribution in [0.5, 0.6) is 0 Å². The van der Waals surface area contributed by atoms with Gasteiger partial charge in [-0.15, -0.1) is 0 Å². The lowest BCUT2D eigenvalue weighted by Crippen LogP contribution is -2.59. The van der Waals surface area contributed by atoms with Crippen LogP contribution in [0.1, 0.15) is 12.5 Å². The zero-order valence-electron chi connectivity index (χ0n) is 15.2. The summed E-state index contributed by atoms with van der Waals surface area (Å²) in [7, 11) is 0. The molecule has 1 aromatic heterocycles. The number of anilines is 2. The lowest BCUT2D eigenvalue weighted by atomic mass is 9.75. The number of carbonyl (C=O) groups is 1. The SMILES string of the molecule is C=CC(=O)N1CC(C)(c2ccc3ncnc(Nc4cc(Cl)ccc4F)c3c2)C1. The number of rotatable bonds is 4. The normalized spacial score (nSPS) is 15.2. The average molecular weight is 397 g/mol. The molecule has 0 saturated carbocycles. The Balaban J connectivity index is 1.70. The Kier molecular flexibility index (Phi) is 4.51. The van der Waals surface area contributed by atoms with Crippen LogP contribution < -0.4 is 5.32 Å². The molecule has 0 unspecified atom stereocenters. The van der Waals surface area contributed by atoms with Gasteiger partial charge >= 0.3 is 0 Å². The zero-order chi connectivity index (χ0) is 19.9. The summed E-state index contributed by atoms with van der Waals surface area (Å²) in [5, 5.41) is 4.22. The van der Waals surface area contributed by atoms with Crippen molar-refractivity contribution in [2.24, 2.45) is 0 Å². The number of hydrogen-bond donors (Lipinski definition) is 1. The van der Waals surface area contributed by atoms with Gasteiger partial charge < -0.3 is 10.2 Å². The highest BCUT2D eigenvalue weighted by molar-refractivity contribution is 6.30. The number of halogens is 2. The molecule has 0 radical (unpaired) electrons. The summed E-state index contributed by atoms with van der Waals surface area (Å²) in [6, 6.07) is 10.2. The van der Waals surface area contributed by atoms with Crippen molar-refractivity contribution in [2.45, 2.75) is 12.3 Å². The van der Waals surface area contributed by atoms with E-state index in [0.29, 0.717) is 23.9 Å². The molecule has 0 atom stereocenters. The molecule has 7 heteroatoms. The van der Waals surface area contributed by atoms with E-state index in [0.717, 1.165) is 16.5 Å². The highest BCUT2D eigenvalue weighted by Gasteiger charge is 2.41. The molecule has 0 bridgehead atoms. The minimum Gasteiger partial charge on any atom is -0.337 e. The Labute approximate surface area is 166 Å². The van der Waals surface area contributed by atoms with Crippen LogP contribution in [0.2, 0.25) is 5.02 Å². The van der Waals surface area contributed by atoms with Crippen LogP contribution in [0, 0.1) is 5.82 Å².